The summed E-state index contributed by atoms with van der Waals surface area (Å²) < 4.78 is 1.16. The molecule has 0 atom stereocenters. The van der Waals surface area contributed by atoms with Crippen LogP contribution < -0.4 is 0 Å². The van der Waals surface area contributed by atoms with Crippen molar-refractivity contribution in [3.8, 4) is 6.07 Å². The highest BCUT2D eigenvalue weighted by molar-refractivity contribution is 14.1. The lowest BCUT2D eigenvalue weighted by Gasteiger charge is -2.30. The van der Waals surface area contributed by atoms with Crippen LogP contribution >= 0.6 is 22.6 Å². The van der Waals surface area contributed by atoms with E-state index in [-0.39, 0.29) is 0 Å². The number of likely N-dealkylation sites (N-methyl/N-ethyl adjacent to an activating group) is 1. The highest BCUT2D eigenvalue weighted by atomic mass is 127. The van der Waals surface area contributed by atoms with Crippen molar-refractivity contribution in [2.24, 2.45) is 0 Å². The Kier molecular flexibility index (Phi) is 3.87. The van der Waals surface area contributed by atoms with Crippen molar-refractivity contribution in [2.45, 2.75) is 6.92 Å². The van der Waals surface area contributed by atoms with Gasteiger partial charge in [0, 0.05) is 21.5 Å². The summed E-state index contributed by atoms with van der Waals surface area (Å²) in [6, 6.07) is 9.78. The van der Waals surface area contributed by atoms with Crippen molar-refractivity contribution < 1.29 is 0 Å². The summed E-state index contributed by atoms with van der Waals surface area (Å²) in [5, 5.41) is 8.81. The molecular formula is C15H13IN2. The molecule has 18 heavy (non-hydrogen) atoms. The van der Waals surface area contributed by atoms with E-state index >= 15 is 0 Å². The van der Waals surface area contributed by atoms with Gasteiger partial charge in [-0.2, -0.15) is 5.26 Å². The standard InChI is InChI=1S/C15H13IN2/c1-3-18-11(2)14(16)8-9-15(18)13-6-4-12(10-17)5-7-13/h4-9H,2-3H2,1H3. The third kappa shape index (κ3) is 2.34. The molecule has 90 valence electrons. The molecule has 0 bridgehead atoms. The maximum absolute atomic E-state index is 8.81. The average molecular weight is 348 g/mol. The summed E-state index contributed by atoms with van der Waals surface area (Å²) in [5.74, 6) is 0. The Hall–Kier alpha value is -1.54. The van der Waals surface area contributed by atoms with Gasteiger partial charge in [-0.25, -0.2) is 0 Å². The van der Waals surface area contributed by atoms with Crippen LogP contribution in [-0.2, 0) is 0 Å². The van der Waals surface area contributed by atoms with E-state index in [0.717, 1.165) is 27.1 Å². The fourth-order valence-electron chi connectivity index (χ4n) is 1.94. The normalized spacial score (nSPS) is 14.9. The fraction of sp³-hybridized carbons (Fsp3) is 0.133. The lowest BCUT2D eigenvalue weighted by Crippen LogP contribution is -2.22. The first kappa shape index (κ1) is 12.9. The highest BCUT2D eigenvalue weighted by Gasteiger charge is 2.17. The summed E-state index contributed by atoms with van der Waals surface area (Å²) in [4.78, 5) is 2.18. The molecule has 0 saturated heterocycles. The maximum Gasteiger partial charge on any atom is 0.0991 e. The number of halogens is 1. The molecule has 2 rings (SSSR count). The Labute approximate surface area is 121 Å². The number of hydrogen-bond acceptors (Lipinski definition) is 2. The zero-order chi connectivity index (χ0) is 13.1. The van der Waals surface area contributed by atoms with Crippen LogP contribution in [0.15, 0.2) is 52.3 Å². The molecule has 0 amide bonds. The smallest absolute Gasteiger partial charge is 0.0991 e. The number of nitrogens with zero attached hydrogens (tertiary/aromatic N) is 2. The van der Waals surface area contributed by atoms with E-state index in [4.69, 9.17) is 5.26 Å². The van der Waals surface area contributed by atoms with Crippen LogP contribution in [0.2, 0.25) is 0 Å². The molecular weight excluding hydrogens is 335 g/mol. The number of nitriles is 1. The van der Waals surface area contributed by atoms with E-state index in [1.165, 1.54) is 0 Å². The van der Waals surface area contributed by atoms with Crippen LogP contribution in [0.3, 0.4) is 0 Å². The second kappa shape index (κ2) is 5.40. The van der Waals surface area contributed by atoms with Crippen molar-refractivity contribution in [3.05, 3.63) is 63.4 Å². The molecule has 0 saturated carbocycles. The molecule has 0 unspecified atom stereocenters. The van der Waals surface area contributed by atoms with E-state index in [2.05, 4.69) is 59.2 Å². The quantitative estimate of drug-likeness (QED) is 0.754. The number of rotatable bonds is 2. The second-order valence-corrected chi connectivity index (χ2v) is 5.11. The first-order chi connectivity index (χ1) is 8.67. The van der Waals surface area contributed by atoms with Gasteiger partial charge in [-0.05, 0) is 59.4 Å². The Morgan fingerprint density at radius 3 is 2.50 bits per heavy atom. The van der Waals surface area contributed by atoms with Crippen molar-refractivity contribution in [2.75, 3.05) is 6.54 Å². The second-order valence-electron chi connectivity index (χ2n) is 3.95. The van der Waals surface area contributed by atoms with Crippen LogP contribution in [0.5, 0.6) is 0 Å². The van der Waals surface area contributed by atoms with Crippen molar-refractivity contribution in [3.63, 3.8) is 0 Å². The molecule has 2 nitrogen and oxygen atoms in total. The van der Waals surface area contributed by atoms with E-state index < -0.39 is 0 Å². The van der Waals surface area contributed by atoms with Gasteiger partial charge < -0.3 is 4.90 Å². The number of hydrogen-bond donors (Lipinski definition) is 0. The lowest BCUT2D eigenvalue weighted by molar-refractivity contribution is 0.529. The van der Waals surface area contributed by atoms with Crippen LogP contribution in [0.25, 0.3) is 5.70 Å². The van der Waals surface area contributed by atoms with Crippen molar-refractivity contribution in [1.82, 2.24) is 4.90 Å². The molecule has 0 aliphatic carbocycles. The molecule has 1 aromatic carbocycles. The zero-order valence-electron chi connectivity index (χ0n) is 10.2. The Bertz CT molecular complexity index is 574. The predicted octanol–water partition coefficient (Wildman–Crippen LogP) is 4.07. The van der Waals surface area contributed by atoms with Gasteiger partial charge in [0.25, 0.3) is 0 Å². The highest BCUT2D eigenvalue weighted by Crippen LogP contribution is 2.33. The van der Waals surface area contributed by atoms with Gasteiger partial charge in [-0.3, -0.25) is 0 Å². The third-order valence-corrected chi connectivity index (χ3v) is 3.89. The molecule has 0 aromatic heterocycles. The molecule has 0 radical (unpaired) electrons. The van der Waals surface area contributed by atoms with Gasteiger partial charge in [-0.1, -0.05) is 18.7 Å². The van der Waals surface area contributed by atoms with Gasteiger partial charge in [-0.15, -0.1) is 0 Å². The average Bonchev–Trinajstić information content (AvgIpc) is 2.42. The summed E-state index contributed by atoms with van der Waals surface area (Å²) >= 11 is 2.29. The first-order valence-corrected chi connectivity index (χ1v) is 6.80. The zero-order valence-corrected chi connectivity index (χ0v) is 12.3. The summed E-state index contributed by atoms with van der Waals surface area (Å²) in [5.41, 5.74) is 3.95. The van der Waals surface area contributed by atoms with Gasteiger partial charge in [0.1, 0.15) is 0 Å². The molecule has 1 heterocycles. The lowest BCUT2D eigenvalue weighted by atomic mass is 10.1. The number of benzene rings is 1. The maximum atomic E-state index is 8.81. The van der Waals surface area contributed by atoms with Crippen LogP contribution in [0.1, 0.15) is 18.1 Å². The van der Waals surface area contributed by atoms with E-state index in [9.17, 15) is 0 Å². The Balaban J connectivity index is 2.42. The Morgan fingerprint density at radius 1 is 1.28 bits per heavy atom. The van der Waals surface area contributed by atoms with Gasteiger partial charge in [0.15, 0.2) is 0 Å². The molecule has 1 aliphatic heterocycles. The molecule has 0 N–H and O–H groups in total. The van der Waals surface area contributed by atoms with Crippen LogP contribution in [-0.4, -0.2) is 11.4 Å². The van der Waals surface area contributed by atoms with Crippen LogP contribution in [0, 0.1) is 11.3 Å². The summed E-state index contributed by atoms with van der Waals surface area (Å²) in [6.07, 6.45) is 4.17. The SMILES string of the molecule is C=C1C(I)=CC=C(c2ccc(C#N)cc2)N1CC. The van der Waals surface area contributed by atoms with Gasteiger partial charge in [0.05, 0.1) is 11.6 Å². The molecule has 3 heteroatoms. The molecule has 1 aromatic rings. The summed E-state index contributed by atoms with van der Waals surface area (Å²) in [7, 11) is 0. The monoisotopic (exact) mass is 348 g/mol. The van der Waals surface area contributed by atoms with Gasteiger partial charge >= 0.3 is 0 Å². The topological polar surface area (TPSA) is 27.0 Å². The fourth-order valence-corrected chi connectivity index (χ4v) is 2.41. The number of allylic oxidation sites excluding steroid dienone is 3. The first-order valence-electron chi connectivity index (χ1n) is 5.72. The third-order valence-electron chi connectivity index (χ3n) is 2.91. The predicted molar refractivity (Wildman–Crippen MR) is 82.8 cm³/mol. The minimum Gasteiger partial charge on any atom is -0.341 e. The van der Waals surface area contributed by atoms with E-state index in [0.29, 0.717) is 5.56 Å². The summed E-state index contributed by atoms with van der Waals surface area (Å²) in [6.45, 7) is 7.10. The minimum absolute atomic E-state index is 0.683. The molecule has 0 spiro atoms. The van der Waals surface area contributed by atoms with Crippen LogP contribution in [0.4, 0.5) is 0 Å². The molecule has 1 aliphatic rings. The minimum atomic E-state index is 0.683. The van der Waals surface area contributed by atoms with E-state index in [1.807, 2.05) is 24.3 Å². The molecule has 0 fully saturated rings. The van der Waals surface area contributed by atoms with Gasteiger partial charge in [0.2, 0.25) is 0 Å². The van der Waals surface area contributed by atoms with Crippen molar-refractivity contribution >= 4 is 28.3 Å². The largest absolute Gasteiger partial charge is 0.341 e. The Morgan fingerprint density at radius 2 is 1.94 bits per heavy atom. The van der Waals surface area contributed by atoms with Crippen molar-refractivity contribution in [1.29, 1.82) is 5.26 Å². The van der Waals surface area contributed by atoms with E-state index in [1.54, 1.807) is 0 Å².